The van der Waals surface area contributed by atoms with E-state index in [4.69, 9.17) is 4.74 Å². The van der Waals surface area contributed by atoms with E-state index in [0.717, 1.165) is 4.90 Å². The number of likely N-dealkylation sites (tertiary alicyclic amines) is 1. The van der Waals surface area contributed by atoms with E-state index in [1.54, 1.807) is 11.8 Å². The van der Waals surface area contributed by atoms with Gasteiger partial charge in [0.05, 0.1) is 30.2 Å². The highest BCUT2D eigenvalue weighted by Gasteiger charge is 2.34. The summed E-state index contributed by atoms with van der Waals surface area (Å²) < 4.78 is 5.05. The Bertz CT molecular complexity index is 912. The SMILES string of the molecule is CCOC(=O)C1CCCN(C(=O)CN(C)C(=O)c2ccc3c(c2)C(=O)N(C)C3=O)C1. The van der Waals surface area contributed by atoms with Gasteiger partial charge in [0.15, 0.2) is 0 Å². The van der Waals surface area contributed by atoms with E-state index < -0.39 is 17.7 Å². The fourth-order valence-corrected chi connectivity index (χ4v) is 3.75. The minimum absolute atomic E-state index is 0.155. The Morgan fingerprint density at radius 1 is 1.17 bits per heavy atom. The Morgan fingerprint density at radius 2 is 1.87 bits per heavy atom. The third-order valence-electron chi connectivity index (χ3n) is 5.45. The zero-order valence-corrected chi connectivity index (χ0v) is 17.3. The number of ether oxygens (including phenoxy) is 1. The maximum Gasteiger partial charge on any atom is 0.310 e. The van der Waals surface area contributed by atoms with Gasteiger partial charge in [-0.3, -0.25) is 28.9 Å². The number of carbonyl (C=O) groups is 5. The van der Waals surface area contributed by atoms with Gasteiger partial charge >= 0.3 is 5.97 Å². The van der Waals surface area contributed by atoms with Crippen molar-refractivity contribution in [1.29, 1.82) is 0 Å². The lowest BCUT2D eigenvalue weighted by Crippen LogP contribution is -2.47. The molecule has 30 heavy (non-hydrogen) atoms. The average Bonchev–Trinajstić information content (AvgIpc) is 2.97. The van der Waals surface area contributed by atoms with Gasteiger partial charge in [0.1, 0.15) is 0 Å². The lowest BCUT2D eigenvalue weighted by Gasteiger charge is -2.32. The molecule has 0 saturated carbocycles. The molecule has 1 unspecified atom stereocenters. The van der Waals surface area contributed by atoms with Crippen molar-refractivity contribution in [2.75, 3.05) is 40.3 Å². The average molecular weight is 415 g/mol. The van der Waals surface area contributed by atoms with Crippen molar-refractivity contribution in [1.82, 2.24) is 14.7 Å². The summed E-state index contributed by atoms with van der Waals surface area (Å²) in [4.78, 5) is 65.4. The summed E-state index contributed by atoms with van der Waals surface area (Å²) in [7, 11) is 2.89. The number of esters is 1. The Labute approximate surface area is 174 Å². The molecule has 9 heteroatoms. The molecule has 0 spiro atoms. The van der Waals surface area contributed by atoms with Crippen molar-refractivity contribution in [2.45, 2.75) is 19.8 Å². The van der Waals surface area contributed by atoms with Crippen LogP contribution in [0, 0.1) is 5.92 Å². The van der Waals surface area contributed by atoms with E-state index >= 15 is 0 Å². The first-order valence-corrected chi connectivity index (χ1v) is 9.90. The van der Waals surface area contributed by atoms with Crippen molar-refractivity contribution in [3.8, 4) is 0 Å². The van der Waals surface area contributed by atoms with Crippen LogP contribution in [0.25, 0.3) is 0 Å². The molecule has 0 radical (unpaired) electrons. The van der Waals surface area contributed by atoms with Crippen LogP contribution in [0.1, 0.15) is 50.8 Å². The number of hydrogen-bond acceptors (Lipinski definition) is 6. The number of piperidine rings is 1. The molecular weight excluding hydrogens is 390 g/mol. The van der Waals surface area contributed by atoms with E-state index in [-0.39, 0.29) is 47.6 Å². The molecule has 160 valence electrons. The van der Waals surface area contributed by atoms with Crippen molar-refractivity contribution in [3.05, 3.63) is 34.9 Å². The van der Waals surface area contributed by atoms with Crippen molar-refractivity contribution in [3.63, 3.8) is 0 Å². The molecular formula is C21H25N3O6. The number of amides is 4. The molecule has 1 aromatic rings. The third-order valence-corrected chi connectivity index (χ3v) is 5.45. The fourth-order valence-electron chi connectivity index (χ4n) is 3.75. The molecule has 3 rings (SSSR count). The van der Waals surface area contributed by atoms with Gasteiger partial charge in [-0.15, -0.1) is 0 Å². The molecule has 1 fully saturated rings. The molecule has 2 aliphatic heterocycles. The van der Waals surface area contributed by atoms with Gasteiger partial charge in [0.25, 0.3) is 17.7 Å². The molecule has 0 aromatic heterocycles. The van der Waals surface area contributed by atoms with Crippen LogP contribution in [-0.4, -0.2) is 84.6 Å². The highest BCUT2D eigenvalue weighted by molar-refractivity contribution is 6.21. The summed E-state index contributed by atoms with van der Waals surface area (Å²) in [5, 5.41) is 0. The molecule has 2 heterocycles. The highest BCUT2D eigenvalue weighted by Crippen LogP contribution is 2.23. The summed E-state index contributed by atoms with van der Waals surface area (Å²) in [6.45, 7) is 2.69. The first-order valence-electron chi connectivity index (χ1n) is 9.90. The number of imide groups is 1. The molecule has 9 nitrogen and oxygen atoms in total. The van der Waals surface area contributed by atoms with Crippen LogP contribution >= 0.6 is 0 Å². The van der Waals surface area contributed by atoms with Gasteiger partial charge in [-0.25, -0.2) is 0 Å². The first kappa shape index (κ1) is 21.5. The molecule has 1 atom stereocenters. The Kier molecular flexibility index (Phi) is 6.19. The van der Waals surface area contributed by atoms with Gasteiger partial charge in [-0.2, -0.15) is 0 Å². The predicted molar refractivity (Wildman–Crippen MR) is 106 cm³/mol. The van der Waals surface area contributed by atoms with Crippen LogP contribution < -0.4 is 0 Å². The molecule has 1 aromatic carbocycles. The topological polar surface area (TPSA) is 104 Å². The zero-order valence-electron chi connectivity index (χ0n) is 17.3. The Morgan fingerprint density at radius 3 is 2.57 bits per heavy atom. The van der Waals surface area contributed by atoms with E-state index in [1.165, 1.54) is 37.2 Å². The Balaban J connectivity index is 1.65. The van der Waals surface area contributed by atoms with Crippen LogP contribution in [0.2, 0.25) is 0 Å². The second-order valence-corrected chi connectivity index (χ2v) is 7.52. The second-order valence-electron chi connectivity index (χ2n) is 7.52. The van der Waals surface area contributed by atoms with Crippen molar-refractivity contribution < 1.29 is 28.7 Å². The van der Waals surface area contributed by atoms with Crippen molar-refractivity contribution in [2.24, 2.45) is 5.92 Å². The second kappa shape index (κ2) is 8.64. The van der Waals surface area contributed by atoms with E-state index in [9.17, 15) is 24.0 Å². The van der Waals surface area contributed by atoms with Gasteiger partial charge in [-0.1, -0.05) is 0 Å². The third kappa shape index (κ3) is 4.05. The monoisotopic (exact) mass is 415 g/mol. The molecule has 0 bridgehead atoms. The summed E-state index contributed by atoms with van der Waals surface area (Å²) in [6, 6.07) is 4.32. The van der Waals surface area contributed by atoms with E-state index in [1.807, 2.05) is 0 Å². The van der Waals surface area contributed by atoms with Gasteiger partial charge < -0.3 is 14.5 Å². The summed E-state index contributed by atoms with van der Waals surface area (Å²) in [5.41, 5.74) is 0.668. The number of rotatable bonds is 5. The number of nitrogens with zero attached hydrogens (tertiary/aromatic N) is 3. The van der Waals surface area contributed by atoms with Crippen LogP contribution in [0.15, 0.2) is 18.2 Å². The molecule has 4 amide bonds. The van der Waals surface area contributed by atoms with Gasteiger partial charge in [-0.05, 0) is 38.0 Å². The normalized spacial score (nSPS) is 18.3. The molecule has 1 saturated heterocycles. The highest BCUT2D eigenvalue weighted by atomic mass is 16.5. The van der Waals surface area contributed by atoms with Gasteiger partial charge in [0, 0.05) is 32.7 Å². The summed E-state index contributed by atoms with van der Waals surface area (Å²) >= 11 is 0. The minimum atomic E-state index is -0.457. The fraction of sp³-hybridized carbons (Fsp3) is 0.476. The van der Waals surface area contributed by atoms with Crippen molar-refractivity contribution >= 4 is 29.6 Å². The predicted octanol–water partition coefficient (Wildman–Crippen LogP) is 0.786. The lowest BCUT2D eigenvalue weighted by molar-refractivity contribution is -0.151. The van der Waals surface area contributed by atoms with Crippen LogP contribution in [0.4, 0.5) is 0 Å². The number of carbonyl (C=O) groups excluding carboxylic acids is 5. The smallest absolute Gasteiger partial charge is 0.310 e. The molecule has 2 aliphatic rings. The van der Waals surface area contributed by atoms with Crippen LogP contribution in [0.3, 0.4) is 0 Å². The number of likely N-dealkylation sites (N-methyl/N-ethyl adjacent to an activating group) is 1. The summed E-state index contributed by atoms with van der Waals surface area (Å²) in [5.74, 6) is -2.20. The first-order chi connectivity index (χ1) is 14.2. The van der Waals surface area contributed by atoms with Gasteiger partial charge in [0.2, 0.25) is 5.91 Å². The van der Waals surface area contributed by atoms with Crippen LogP contribution in [0.5, 0.6) is 0 Å². The Hall–Kier alpha value is -3.23. The number of hydrogen-bond donors (Lipinski definition) is 0. The minimum Gasteiger partial charge on any atom is -0.466 e. The largest absolute Gasteiger partial charge is 0.466 e. The van der Waals surface area contributed by atoms with E-state index in [2.05, 4.69) is 0 Å². The number of fused-ring (bicyclic) bond motifs is 1. The quantitative estimate of drug-likeness (QED) is 0.520. The molecule has 0 N–H and O–H groups in total. The van der Waals surface area contributed by atoms with E-state index in [0.29, 0.717) is 26.0 Å². The standard InChI is InChI=1S/C21H25N3O6/c1-4-30-21(29)14-6-5-9-24(11-14)17(25)12-22(2)18(26)13-7-8-15-16(10-13)20(28)23(3)19(15)27/h7-8,10,14H,4-6,9,11-12H2,1-3H3. The summed E-state index contributed by atoms with van der Waals surface area (Å²) in [6.07, 6.45) is 1.37. The number of benzene rings is 1. The lowest BCUT2D eigenvalue weighted by atomic mass is 9.98. The maximum atomic E-state index is 12.8. The maximum absolute atomic E-state index is 12.8. The zero-order chi connectivity index (χ0) is 22.0. The van der Waals surface area contributed by atoms with Crippen LogP contribution in [-0.2, 0) is 14.3 Å². The molecule has 0 aliphatic carbocycles.